The second kappa shape index (κ2) is 11.1. The number of carbonyl (C=O) groups excluding carboxylic acids is 1. The predicted molar refractivity (Wildman–Crippen MR) is 104 cm³/mol. The van der Waals surface area contributed by atoms with Gasteiger partial charge in [-0.05, 0) is 57.3 Å². The van der Waals surface area contributed by atoms with E-state index >= 15 is 0 Å². The number of aryl methyl sites for hydroxylation is 1. The van der Waals surface area contributed by atoms with Crippen molar-refractivity contribution in [3.8, 4) is 0 Å². The highest BCUT2D eigenvalue weighted by Gasteiger charge is 2.17. The number of nitrogens with one attached hydrogen (secondary N) is 1. The van der Waals surface area contributed by atoms with Gasteiger partial charge in [-0.1, -0.05) is 50.8 Å². The minimum Gasteiger partial charge on any atom is -0.445 e. The van der Waals surface area contributed by atoms with Gasteiger partial charge in [0, 0.05) is 12.2 Å². The SMILES string of the molecule is CCCCCCc1ccccc1NC(=O)O[C@@H](C)CN1CCCCC1. The number of ether oxygens (including phenoxy) is 1. The number of nitrogens with zero attached hydrogens (tertiary/aromatic N) is 1. The second-order valence-corrected chi connectivity index (χ2v) is 7.17. The molecule has 1 aliphatic heterocycles. The highest BCUT2D eigenvalue weighted by molar-refractivity contribution is 5.85. The number of amides is 1. The van der Waals surface area contributed by atoms with Crippen LogP contribution >= 0.6 is 0 Å². The van der Waals surface area contributed by atoms with E-state index in [0.717, 1.165) is 38.2 Å². The van der Waals surface area contributed by atoms with Gasteiger partial charge in [-0.25, -0.2) is 4.79 Å². The average molecular weight is 347 g/mol. The van der Waals surface area contributed by atoms with E-state index in [0.29, 0.717) is 0 Å². The number of piperidine rings is 1. The van der Waals surface area contributed by atoms with E-state index < -0.39 is 0 Å². The first kappa shape index (κ1) is 19.8. The highest BCUT2D eigenvalue weighted by Crippen LogP contribution is 2.19. The van der Waals surface area contributed by atoms with E-state index in [4.69, 9.17) is 4.74 Å². The van der Waals surface area contributed by atoms with E-state index in [1.54, 1.807) is 0 Å². The summed E-state index contributed by atoms with van der Waals surface area (Å²) in [6.07, 6.45) is 9.30. The van der Waals surface area contributed by atoms with Gasteiger partial charge in [0.05, 0.1) is 0 Å². The molecule has 25 heavy (non-hydrogen) atoms. The smallest absolute Gasteiger partial charge is 0.411 e. The van der Waals surface area contributed by atoms with Gasteiger partial charge < -0.3 is 4.74 Å². The summed E-state index contributed by atoms with van der Waals surface area (Å²) in [6.45, 7) is 7.26. The number of benzene rings is 1. The van der Waals surface area contributed by atoms with E-state index in [2.05, 4.69) is 23.2 Å². The summed E-state index contributed by atoms with van der Waals surface area (Å²) in [4.78, 5) is 14.6. The third-order valence-electron chi connectivity index (χ3n) is 4.83. The Hall–Kier alpha value is -1.55. The van der Waals surface area contributed by atoms with Crippen molar-refractivity contribution >= 4 is 11.8 Å². The van der Waals surface area contributed by atoms with E-state index in [1.165, 1.54) is 44.1 Å². The maximum atomic E-state index is 12.2. The Morgan fingerprint density at radius 2 is 1.92 bits per heavy atom. The molecular weight excluding hydrogens is 312 g/mol. The Kier molecular flexibility index (Phi) is 8.81. The van der Waals surface area contributed by atoms with Gasteiger partial charge in [-0.2, -0.15) is 0 Å². The van der Waals surface area contributed by atoms with Crippen LogP contribution in [0.4, 0.5) is 10.5 Å². The number of unbranched alkanes of at least 4 members (excludes halogenated alkanes) is 3. The summed E-state index contributed by atoms with van der Waals surface area (Å²) >= 11 is 0. The van der Waals surface area contributed by atoms with Crippen LogP contribution in [0, 0.1) is 0 Å². The maximum Gasteiger partial charge on any atom is 0.411 e. The molecule has 1 saturated heterocycles. The standard InChI is InChI=1S/C21H34N2O2/c1-3-4-5-7-12-19-13-8-9-14-20(19)22-21(24)25-18(2)17-23-15-10-6-11-16-23/h8-9,13-14,18H,3-7,10-12,15-17H2,1-2H3,(H,22,24)/t18-/m0/s1. The van der Waals surface area contributed by atoms with Crippen molar-refractivity contribution < 1.29 is 9.53 Å². The van der Waals surface area contributed by atoms with Crippen LogP contribution < -0.4 is 5.32 Å². The van der Waals surface area contributed by atoms with Gasteiger partial charge in [0.1, 0.15) is 6.10 Å². The van der Waals surface area contributed by atoms with Crippen LogP contribution in [0.1, 0.15) is 64.4 Å². The number of rotatable bonds is 9. The Bertz CT molecular complexity index is 512. The van der Waals surface area contributed by atoms with Gasteiger partial charge in [0.15, 0.2) is 0 Å². The summed E-state index contributed by atoms with van der Waals surface area (Å²) < 4.78 is 5.56. The first-order valence-corrected chi connectivity index (χ1v) is 9.97. The molecule has 1 aromatic carbocycles. The lowest BCUT2D eigenvalue weighted by Gasteiger charge is -2.28. The zero-order chi connectivity index (χ0) is 17.9. The predicted octanol–water partition coefficient (Wildman–Crippen LogP) is 5.23. The number of likely N-dealkylation sites (tertiary alicyclic amines) is 1. The van der Waals surface area contributed by atoms with Gasteiger partial charge in [-0.3, -0.25) is 10.2 Å². The fourth-order valence-corrected chi connectivity index (χ4v) is 3.47. The van der Waals surface area contributed by atoms with Crippen molar-refractivity contribution in [3.05, 3.63) is 29.8 Å². The topological polar surface area (TPSA) is 41.6 Å². The van der Waals surface area contributed by atoms with Crippen LogP contribution in [-0.4, -0.2) is 36.7 Å². The molecule has 140 valence electrons. The largest absolute Gasteiger partial charge is 0.445 e. The number of hydrogen-bond donors (Lipinski definition) is 1. The number of hydrogen-bond acceptors (Lipinski definition) is 3. The van der Waals surface area contributed by atoms with Gasteiger partial charge in [0.25, 0.3) is 0 Å². The van der Waals surface area contributed by atoms with Gasteiger partial charge in [-0.15, -0.1) is 0 Å². The lowest BCUT2D eigenvalue weighted by Crippen LogP contribution is -2.37. The molecule has 4 heteroatoms. The lowest BCUT2D eigenvalue weighted by molar-refractivity contribution is 0.0833. The molecule has 0 radical (unpaired) electrons. The van der Waals surface area contributed by atoms with Crippen molar-refractivity contribution in [1.82, 2.24) is 4.90 Å². The summed E-state index contributed by atoms with van der Waals surface area (Å²) in [5, 5.41) is 2.94. The maximum absolute atomic E-state index is 12.2. The van der Waals surface area contributed by atoms with Crippen LogP contribution in [0.5, 0.6) is 0 Å². The first-order chi connectivity index (χ1) is 12.2. The molecule has 1 fully saturated rings. The van der Waals surface area contributed by atoms with Crippen LogP contribution in [-0.2, 0) is 11.2 Å². The van der Waals surface area contributed by atoms with Crippen LogP contribution in [0.15, 0.2) is 24.3 Å². The third kappa shape index (κ3) is 7.47. The Morgan fingerprint density at radius 3 is 2.68 bits per heavy atom. The van der Waals surface area contributed by atoms with Crippen LogP contribution in [0.25, 0.3) is 0 Å². The molecule has 2 rings (SSSR count). The Morgan fingerprint density at radius 1 is 1.16 bits per heavy atom. The molecule has 1 aliphatic rings. The molecule has 1 heterocycles. The van der Waals surface area contributed by atoms with Crippen LogP contribution in [0.3, 0.4) is 0 Å². The highest BCUT2D eigenvalue weighted by atomic mass is 16.6. The fourth-order valence-electron chi connectivity index (χ4n) is 3.47. The summed E-state index contributed by atoms with van der Waals surface area (Å²) in [7, 11) is 0. The monoisotopic (exact) mass is 346 g/mol. The average Bonchev–Trinajstić information content (AvgIpc) is 2.60. The van der Waals surface area contributed by atoms with Crippen molar-refractivity contribution in [2.75, 3.05) is 25.0 Å². The molecule has 0 bridgehead atoms. The third-order valence-corrected chi connectivity index (χ3v) is 4.83. The van der Waals surface area contributed by atoms with E-state index in [1.807, 2.05) is 25.1 Å². The molecule has 1 amide bonds. The minimum atomic E-state index is -0.342. The summed E-state index contributed by atoms with van der Waals surface area (Å²) in [5.74, 6) is 0. The normalized spacial score (nSPS) is 16.4. The summed E-state index contributed by atoms with van der Waals surface area (Å²) in [5.41, 5.74) is 2.08. The lowest BCUT2D eigenvalue weighted by atomic mass is 10.0. The van der Waals surface area contributed by atoms with E-state index in [9.17, 15) is 4.79 Å². The Labute approximate surface area is 152 Å². The van der Waals surface area contributed by atoms with Crippen molar-refractivity contribution in [1.29, 1.82) is 0 Å². The van der Waals surface area contributed by atoms with E-state index in [-0.39, 0.29) is 12.2 Å². The quantitative estimate of drug-likeness (QED) is 0.622. The van der Waals surface area contributed by atoms with Crippen LogP contribution in [0.2, 0.25) is 0 Å². The number of anilines is 1. The van der Waals surface area contributed by atoms with Gasteiger partial charge in [0.2, 0.25) is 0 Å². The van der Waals surface area contributed by atoms with Crippen molar-refractivity contribution in [2.24, 2.45) is 0 Å². The van der Waals surface area contributed by atoms with Crippen molar-refractivity contribution in [2.45, 2.75) is 71.3 Å². The molecule has 0 aromatic heterocycles. The first-order valence-electron chi connectivity index (χ1n) is 9.97. The molecule has 0 aliphatic carbocycles. The summed E-state index contributed by atoms with van der Waals surface area (Å²) in [6, 6.07) is 8.05. The molecule has 0 saturated carbocycles. The zero-order valence-corrected chi connectivity index (χ0v) is 15.9. The molecule has 1 N–H and O–H groups in total. The second-order valence-electron chi connectivity index (χ2n) is 7.17. The molecule has 0 spiro atoms. The van der Waals surface area contributed by atoms with Crippen molar-refractivity contribution in [3.63, 3.8) is 0 Å². The molecule has 4 nitrogen and oxygen atoms in total. The molecular formula is C21H34N2O2. The minimum absolute atomic E-state index is 0.0881. The molecule has 1 aromatic rings. The number of para-hydroxylation sites is 1. The molecule has 0 unspecified atom stereocenters. The zero-order valence-electron chi connectivity index (χ0n) is 15.9. The molecule has 1 atom stereocenters. The Balaban J connectivity index is 1.78. The van der Waals surface area contributed by atoms with Gasteiger partial charge >= 0.3 is 6.09 Å². The fraction of sp³-hybridized carbons (Fsp3) is 0.667. The number of carbonyl (C=O) groups is 1.